The first kappa shape index (κ1) is 28.2. The first-order valence-corrected chi connectivity index (χ1v) is 14.6. The Morgan fingerprint density at radius 1 is 0.571 bits per heavy atom. The van der Waals surface area contributed by atoms with Gasteiger partial charge in [0.2, 0.25) is 0 Å². The van der Waals surface area contributed by atoms with Gasteiger partial charge in [0.15, 0.2) is 0 Å². The van der Waals surface area contributed by atoms with Crippen LogP contribution in [0.3, 0.4) is 0 Å². The minimum atomic E-state index is 0. The van der Waals surface area contributed by atoms with Crippen LogP contribution in [0.25, 0.3) is 33.6 Å². The van der Waals surface area contributed by atoms with E-state index < -0.39 is 0 Å². The topological polar surface area (TPSA) is 6.48 Å². The molecule has 0 bridgehead atoms. The molecule has 0 aliphatic carbocycles. The van der Waals surface area contributed by atoms with Gasteiger partial charge in [-0.25, -0.2) is 0 Å². The van der Waals surface area contributed by atoms with Crippen molar-refractivity contribution >= 4 is 22.8 Å². The zero-order valence-electron chi connectivity index (χ0n) is 24.4. The van der Waals surface area contributed by atoms with E-state index in [-0.39, 0.29) is 20.1 Å². The summed E-state index contributed by atoms with van der Waals surface area (Å²) in [6.07, 6.45) is 0. The predicted molar refractivity (Wildman–Crippen MR) is 173 cm³/mol. The maximum absolute atomic E-state index is 3.60. The van der Waals surface area contributed by atoms with Crippen LogP contribution in [-0.4, -0.2) is 0 Å². The van der Waals surface area contributed by atoms with Crippen LogP contribution in [0.2, 0.25) is 0 Å². The molecule has 1 radical (unpaired) electrons. The summed E-state index contributed by atoms with van der Waals surface area (Å²) in [6, 6.07) is 45.3. The molecule has 0 fully saturated rings. The standard InChI is InChI=1S/C39H34N2.Ir/c1-26(2)31-19-13-20-32(27(3)4)37(31)29-22-23-34-35(24-29)33-18-11-12-21-36(33)41-25-40(30-16-9-6-10-17-30)38(39(34)41)28-14-7-5-8-15-28;/h5-20,22-27H,1-4H3;/q-2;. The molecule has 5 aromatic rings. The summed E-state index contributed by atoms with van der Waals surface area (Å²) < 4.78 is 0. The Morgan fingerprint density at radius 3 is 1.90 bits per heavy atom. The van der Waals surface area contributed by atoms with E-state index in [0.29, 0.717) is 11.8 Å². The molecule has 0 amide bonds. The van der Waals surface area contributed by atoms with Gasteiger partial charge in [-0.05, 0) is 57.3 Å². The van der Waals surface area contributed by atoms with Gasteiger partial charge in [0.25, 0.3) is 0 Å². The Morgan fingerprint density at radius 2 is 1.24 bits per heavy atom. The Labute approximate surface area is 263 Å². The molecule has 2 aliphatic heterocycles. The largest absolute Gasteiger partial charge is 0.492 e. The van der Waals surface area contributed by atoms with E-state index in [0.717, 1.165) is 11.4 Å². The molecule has 0 N–H and O–H groups in total. The molecule has 5 aromatic carbocycles. The van der Waals surface area contributed by atoms with Crippen molar-refractivity contribution in [2.24, 2.45) is 0 Å². The predicted octanol–water partition coefficient (Wildman–Crippen LogP) is 10.4. The number of hydrogen-bond acceptors (Lipinski definition) is 2. The van der Waals surface area contributed by atoms with Crippen molar-refractivity contribution in [2.45, 2.75) is 39.5 Å². The molecule has 0 saturated heterocycles. The fraction of sp³-hybridized carbons (Fsp3) is 0.154. The number of fused-ring (bicyclic) bond motifs is 6. The zero-order chi connectivity index (χ0) is 28.1. The van der Waals surface area contributed by atoms with E-state index in [2.05, 4.69) is 159 Å². The number of benzene rings is 5. The van der Waals surface area contributed by atoms with Gasteiger partial charge in [0.05, 0.1) is 0 Å². The second kappa shape index (κ2) is 11.4. The van der Waals surface area contributed by atoms with E-state index in [9.17, 15) is 0 Å². The van der Waals surface area contributed by atoms with Crippen LogP contribution in [-0.2, 0) is 20.1 Å². The third kappa shape index (κ3) is 4.62. The molecule has 0 atom stereocenters. The Bertz CT molecular complexity index is 1740. The van der Waals surface area contributed by atoms with Gasteiger partial charge < -0.3 is 9.80 Å². The van der Waals surface area contributed by atoms with Gasteiger partial charge in [-0.1, -0.05) is 124 Å². The number of hydrogen-bond donors (Lipinski definition) is 0. The number of nitrogens with zero attached hydrogens (tertiary/aromatic N) is 2. The maximum atomic E-state index is 3.60. The third-order valence-corrected chi connectivity index (χ3v) is 8.32. The molecule has 211 valence electrons. The molecule has 0 spiro atoms. The van der Waals surface area contributed by atoms with Crippen LogP contribution in [0.4, 0.5) is 11.4 Å². The summed E-state index contributed by atoms with van der Waals surface area (Å²) in [4.78, 5) is 4.65. The van der Waals surface area contributed by atoms with Gasteiger partial charge in [0, 0.05) is 37.2 Å². The molecule has 7 rings (SSSR count). The van der Waals surface area contributed by atoms with Gasteiger partial charge >= 0.3 is 0 Å². The average Bonchev–Trinajstić information content (AvgIpc) is 3.42. The van der Waals surface area contributed by atoms with Gasteiger partial charge in [-0.15, -0.1) is 12.2 Å². The molecular formula is C39H34IrN2-2. The SMILES string of the molecule is CC(C)c1cccc(C(C)C)c1-c1ccc2c(c1)-c1ccc[c-]c1N1[CH-]N(c3ccccc3)C(c3ccccc3)=C21.[Ir]. The maximum Gasteiger partial charge on any atom is 0.0424 e. The minimum absolute atomic E-state index is 0. The smallest absolute Gasteiger partial charge is 0.0424 e. The monoisotopic (exact) mass is 723 g/mol. The van der Waals surface area contributed by atoms with Crippen molar-refractivity contribution in [3.05, 3.63) is 150 Å². The quantitative estimate of drug-likeness (QED) is 0.167. The summed E-state index contributed by atoms with van der Waals surface area (Å²) in [7, 11) is 0. The van der Waals surface area contributed by atoms with Crippen molar-refractivity contribution in [2.75, 3.05) is 9.80 Å². The summed E-state index contributed by atoms with van der Waals surface area (Å²) in [5, 5.41) is 0. The van der Waals surface area contributed by atoms with Crippen LogP contribution in [0.15, 0.2) is 115 Å². The molecule has 3 heteroatoms. The molecular weight excluding hydrogens is 689 g/mol. The van der Waals surface area contributed by atoms with E-state index in [1.54, 1.807) is 0 Å². The van der Waals surface area contributed by atoms with E-state index in [1.807, 2.05) is 6.07 Å². The van der Waals surface area contributed by atoms with Crippen molar-refractivity contribution < 1.29 is 20.1 Å². The van der Waals surface area contributed by atoms with Gasteiger partial charge in [-0.2, -0.15) is 24.3 Å². The van der Waals surface area contributed by atoms with Crippen LogP contribution in [0.1, 0.15) is 61.8 Å². The fourth-order valence-corrected chi connectivity index (χ4v) is 6.40. The first-order valence-electron chi connectivity index (χ1n) is 14.6. The van der Waals surface area contributed by atoms with Crippen molar-refractivity contribution in [1.82, 2.24) is 0 Å². The number of rotatable bonds is 5. The molecule has 0 aromatic heterocycles. The molecule has 42 heavy (non-hydrogen) atoms. The third-order valence-electron chi connectivity index (χ3n) is 8.32. The van der Waals surface area contributed by atoms with Crippen LogP contribution in [0, 0.1) is 12.7 Å². The van der Waals surface area contributed by atoms with Gasteiger partial charge in [0.1, 0.15) is 0 Å². The summed E-state index contributed by atoms with van der Waals surface area (Å²) in [5.41, 5.74) is 15.0. The van der Waals surface area contributed by atoms with Crippen LogP contribution >= 0.6 is 0 Å². The van der Waals surface area contributed by atoms with Crippen molar-refractivity contribution in [1.29, 1.82) is 0 Å². The zero-order valence-corrected chi connectivity index (χ0v) is 26.8. The van der Waals surface area contributed by atoms with E-state index >= 15 is 0 Å². The summed E-state index contributed by atoms with van der Waals surface area (Å²) in [5.74, 6) is 0.874. The molecule has 0 unspecified atom stereocenters. The second-order valence-electron chi connectivity index (χ2n) is 11.6. The number of para-hydroxylation sites is 2. The van der Waals surface area contributed by atoms with Crippen LogP contribution in [0.5, 0.6) is 0 Å². The molecule has 2 nitrogen and oxygen atoms in total. The molecule has 2 aliphatic rings. The molecule has 2 heterocycles. The second-order valence-corrected chi connectivity index (χ2v) is 11.6. The minimum Gasteiger partial charge on any atom is -0.492 e. The summed E-state index contributed by atoms with van der Waals surface area (Å²) >= 11 is 0. The van der Waals surface area contributed by atoms with Gasteiger partial charge in [-0.3, -0.25) is 0 Å². The Hall–Kier alpha value is -3.91. The van der Waals surface area contributed by atoms with Crippen molar-refractivity contribution in [3.63, 3.8) is 0 Å². The summed E-state index contributed by atoms with van der Waals surface area (Å²) in [6.45, 7) is 11.4. The Kier molecular flexibility index (Phi) is 7.66. The first-order chi connectivity index (χ1) is 20.0. The normalized spacial score (nSPS) is 13.7. The Balaban J connectivity index is 0.00000316. The fourth-order valence-electron chi connectivity index (χ4n) is 6.40. The van der Waals surface area contributed by atoms with E-state index in [4.69, 9.17) is 0 Å². The number of anilines is 2. The molecule has 0 saturated carbocycles. The van der Waals surface area contributed by atoms with Crippen molar-refractivity contribution in [3.8, 4) is 22.3 Å². The van der Waals surface area contributed by atoms with E-state index in [1.165, 1.54) is 55.9 Å². The van der Waals surface area contributed by atoms with Crippen LogP contribution < -0.4 is 9.80 Å². The average molecular weight is 723 g/mol.